The molecule has 0 spiro atoms. The van der Waals surface area contributed by atoms with Crippen LogP contribution in [0.2, 0.25) is 5.02 Å². The van der Waals surface area contributed by atoms with Crippen LogP contribution in [-0.2, 0) is 0 Å². The Labute approximate surface area is 121 Å². The smallest absolute Gasteiger partial charge is 0.255 e. The molecule has 0 saturated carbocycles. The van der Waals surface area contributed by atoms with E-state index < -0.39 is 11.7 Å². The van der Waals surface area contributed by atoms with Gasteiger partial charge < -0.3 is 5.32 Å². The summed E-state index contributed by atoms with van der Waals surface area (Å²) in [6, 6.07) is 13.0. The van der Waals surface area contributed by atoms with Gasteiger partial charge in [-0.15, -0.1) is 0 Å². The van der Waals surface area contributed by atoms with E-state index in [0.717, 1.165) is 0 Å². The van der Waals surface area contributed by atoms with E-state index in [-0.39, 0.29) is 12.1 Å². The van der Waals surface area contributed by atoms with Gasteiger partial charge in [-0.1, -0.05) is 47.7 Å². The summed E-state index contributed by atoms with van der Waals surface area (Å²) >= 11 is 5.94. The van der Waals surface area contributed by atoms with Gasteiger partial charge in [0, 0.05) is 5.56 Å². The normalized spacial score (nSPS) is 9.50. The van der Waals surface area contributed by atoms with Crippen molar-refractivity contribution in [3.8, 4) is 11.8 Å². The molecule has 0 aromatic heterocycles. The first kappa shape index (κ1) is 14.1. The fourth-order valence-electron chi connectivity index (χ4n) is 1.57. The highest BCUT2D eigenvalue weighted by Crippen LogP contribution is 2.12. The number of rotatable bonds is 2. The summed E-state index contributed by atoms with van der Waals surface area (Å²) in [7, 11) is 0. The minimum absolute atomic E-state index is 0.00652. The maximum atomic E-state index is 13.4. The van der Waals surface area contributed by atoms with E-state index in [0.29, 0.717) is 10.6 Å². The van der Waals surface area contributed by atoms with Gasteiger partial charge in [-0.3, -0.25) is 4.79 Å². The third-order valence-electron chi connectivity index (χ3n) is 2.55. The van der Waals surface area contributed by atoms with Crippen LogP contribution in [0.1, 0.15) is 15.9 Å². The monoisotopic (exact) mass is 287 g/mol. The van der Waals surface area contributed by atoms with E-state index in [2.05, 4.69) is 17.2 Å². The standard InChI is InChI=1S/C16H11ClFNO/c17-14-9-3-1-6-12(14)7-5-11-19-16(20)13-8-2-4-10-15(13)18/h1-4,6,8-10H,11H2,(H,19,20). The summed E-state index contributed by atoms with van der Waals surface area (Å²) in [5, 5.41) is 3.09. The summed E-state index contributed by atoms with van der Waals surface area (Å²) in [4.78, 5) is 11.7. The molecule has 2 aromatic carbocycles. The molecule has 0 radical (unpaired) electrons. The Morgan fingerprint density at radius 2 is 1.85 bits per heavy atom. The topological polar surface area (TPSA) is 29.1 Å². The number of hydrogen-bond donors (Lipinski definition) is 1. The van der Waals surface area contributed by atoms with E-state index in [1.165, 1.54) is 18.2 Å². The zero-order valence-corrected chi connectivity index (χ0v) is 11.2. The molecule has 0 aliphatic carbocycles. The van der Waals surface area contributed by atoms with Crippen LogP contribution < -0.4 is 5.32 Å². The molecule has 2 nitrogen and oxygen atoms in total. The number of carbonyl (C=O) groups excluding carboxylic acids is 1. The van der Waals surface area contributed by atoms with Crippen LogP contribution in [0.5, 0.6) is 0 Å². The summed E-state index contributed by atoms with van der Waals surface area (Å²) in [5.74, 6) is 4.58. The number of amides is 1. The summed E-state index contributed by atoms with van der Waals surface area (Å²) < 4.78 is 13.4. The number of carbonyl (C=O) groups is 1. The lowest BCUT2D eigenvalue weighted by Crippen LogP contribution is -2.24. The highest BCUT2D eigenvalue weighted by atomic mass is 35.5. The lowest BCUT2D eigenvalue weighted by molar-refractivity contribution is 0.0954. The Morgan fingerprint density at radius 1 is 1.15 bits per heavy atom. The van der Waals surface area contributed by atoms with Crippen LogP contribution in [0.15, 0.2) is 48.5 Å². The molecule has 0 unspecified atom stereocenters. The zero-order valence-electron chi connectivity index (χ0n) is 10.5. The lowest BCUT2D eigenvalue weighted by atomic mass is 10.2. The first-order chi connectivity index (χ1) is 9.68. The van der Waals surface area contributed by atoms with E-state index in [1.54, 1.807) is 18.2 Å². The largest absolute Gasteiger partial charge is 0.341 e. The minimum atomic E-state index is -0.552. The molecule has 100 valence electrons. The quantitative estimate of drug-likeness (QED) is 0.844. The Balaban J connectivity index is 1.96. The Bertz CT molecular complexity index is 688. The third-order valence-corrected chi connectivity index (χ3v) is 2.88. The average Bonchev–Trinajstić information content (AvgIpc) is 2.45. The second kappa shape index (κ2) is 6.74. The first-order valence-corrected chi connectivity index (χ1v) is 6.32. The maximum absolute atomic E-state index is 13.4. The van der Waals surface area contributed by atoms with Crippen molar-refractivity contribution in [2.75, 3.05) is 6.54 Å². The van der Waals surface area contributed by atoms with Gasteiger partial charge in [0.1, 0.15) is 5.82 Å². The molecule has 0 heterocycles. The highest BCUT2D eigenvalue weighted by Gasteiger charge is 2.08. The molecule has 0 fully saturated rings. The Hall–Kier alpha value is -2.31. The van der Waals surface area contributed by atoms with E-state index >= 15 is 0 Å². The molecule has 1 amide bonds. The van der Waals surface area contributed by atoms with Gasteiger partial charge in [-0.25, -0.2) is 4.39 Å². The van der Waals surface area contributed by atoms with Crippen molar-refractivity contribution in [1.82, 2.24) is 5.32 Å². The average molecular weight is 288 g/mol. The van der Waals surface area contributed by atoms with Gasteiger partial charge in [0.15, 0.2) is 0 Å². The van der Waals surface area contributed by atoms with E-state index in [4.69, 9.17) is 11.6 Å². The van der Waals surface area contributed by atoms with Crippen molar-refractivity contribution in [3.63, 3.8) is 0 Å². The van der Waals surface area contributed by atoms with E-state index in [9.17, 15) is 9.18 Å². The van der Waals surface area contributed by atoms with Gasteiger partial charge in [-0.05, 0) is 24.3 Å². The molecule has 2 aromatic rings. The van der Waals surface area contributed by atoms with Gasteiger partial charge in [0.25, 0.3) is 5.91 Å². The summed E-state index contributed by atoms with van der Waals surface area (Å²) in [5.41, 5.74) is 0.696. The van der Waals surface area contributed by atoms with Gasteiger partial charge >= 0.3 is 0 Å². The van der Waals surface area contributed by atoms with Gasteiger partial charge in [-0.2, -0.15) is 0 Å². The molecule has 2 rings (SSSR count). The van der Waals surface area contributed by atoms with Crippen LogP contribution in [0.25, 0.3) is 0 Å². The number of nitrogens with one attached hydrogen (secondary N) is 1. The second-order valence-corrected chi connectivity index (χ2v) is 4.35. The summed E-state index contributed by atoms with van der Waals surface area (Å²) in [6.45, 7) is 0.123. The Kier molecular flexibility index (Phi) is 4.75. The van der Waals surface area contributed by atoms with Crippen LogP contribution in [0, 0.1) is 17.7 Å². The van der Waals surface area contributed by atoms with Gasteiger partial charge in [0.05, 0.1) is 17.1 Å². The molecule has 1 N–H and O–H groups in total. The number of benzene rings is 2. The third kappa shape index (κ3) is 3.59. The lowest BCUT2D eigenvalue weighted by Gasteiger charge is -2.02. The van der Waals surface area contributed by atoms with Gasteiger partial charge in [0.2, 0.25) is 0 Å². The van der Waals surface area contributed by atoms with Crippen LogP contribution in [0.4, 0.5) is 4.39 Å². The molecule has 4 heteroatoms. The zero-order chi connectivity index (χ0) is 14.4. The second-order valence-electron chi connectivity index (χ2n) is 3.94. The Morgan fingerprint density at radius 3 is 2.60 bits per heavy atom. The van der Waals surface area contributed by atoms with Crippen molar-refractivity contribution in [2.45, 2.75) is 0 Å². The van der Waals surface area contributed by atoms with Crippen LogP contribution in [-0.4, -0.2) is 12.5 Å². The predicted octanol–water partition coefficient (Wildman–Crippen LogP) is 3.26. The molecule has 0 aliphatic heterocycles. The molecule has 0 aliphatic rings. The van der Waals surface area contributed by atoms with Crippen molar-refractivity contribution < 1.29 is 9.18 Å². The minimum Gasteiger partial charge on any atom is -0.341 e. The predicted molar refractivity (Wildman–Crippen MR) is 77.1 cm³/mol. The molecule has 20 heavy (non-hydrogen) atoms. The van der Waals surface area contributed by atoms with Crippen molar-refractivity contribution in [3.05, 3.63) is 70.5 Å². The number of hydrogen-bond acceptors (Lipinski definition) is 1. The maximum Gasteiger partial charge on any atom is 0.255 e. The van der Waals surface area contributed by atoms with E-state index in [1.807, 2.05) is 12.1 Å². The molecule has 0 atom stereocenters. The molecule has 0 saturated heterocycles. The SMILES string of the molecule is O=C(NCC#Cc1ccccc1Cl)c1ccccc1F. The summed E-state index contributed by atoms with van der Waals surface area (Å²) in [6.07, 6.45) is 0. The van der Waals surface area contributed by atoms with Crippen molar-refractivity contribution in [1.29, 1.82) is 0 Å². The first-order valence-electron chi connectivity index (χ1n) is 5.94. The fraction of sp³-hybridized carbons (Fsp3) is 0.0625. The molecule has 0 bridgehead atoms. The van der Waals surface area contributed by atoms with Crippen LogP contribution >= 0.6 is 11.6 Å². The molecular formula is C16H11ClFNO. The van der Waals surface area contributed by atoms with Crippen molar-refractivity contribution >= 4 is 17.5 Å². The van der Waals surface area contributed by atoms with Crippen molar-refractivity contribution in [2.24, 2.45) is 0 Å². The van der Waals surface area contributed by atoms with Crippen LogP contribution in [0.3, 0.4) is 0 Å². The highest BCUT2D eigenvalue weighted by molar-refractivity contribution is 6.31. The molecular weight excluding hydrogens is 277 g/mol. The number of halogens is 2. The fourth-order valence-corrected chi connectivity index (χ4v) is 1.75.